The molecule has 3 rings (SSSR count). The van der Waals surface area contributed by atoms with E-state index in [0.29, 0.717) is 29.4 Å². The zero-order valence-electron chi connectivity index (χ0n) is 11.8. The van der Waals surface area contributed by atoms with Crippen LogP contribution >= 0.6 is 0 Å². The monoisotopic (exact) mass is 282 g/mol. The molecule has 0 N–H and O–H groups in total. The number of carbonyl (C=O) groups excluding carboxylic acids is 1. The summed E-state index contributed by atoms with van der Waals surface area (Å²) >= 11 is 0. The molecule has 2 aromatic heterocycles. The lowest BCUT2D eigenvalue weighted by molar-refractivity contribution is 0.0951. The molecule has 0 spiro atoms. The van der Waals surface area contributed by atoms with Crippen LogP contribution in [0.25, 0.3) is 0 Å². The van der Waals surface area contributed by atoms with Crippen molar-refractivity contribution >= 4 is 11.6 Å². The molecular formula is C15H14N4O2. The van der Waals surface area contributed by atoms with Crippen LogP contribution in [0.3, 0.4) is 0 Å². The molecule has 0 aromatic carbocycles. The fourth-order valence-electron chi connectivity index (χ4n) is 2.43. The van der Waals surface area contributed by atoms with Crippen molar-refractivity contribution < 1.29 is 9.53 Å². The fourth-order valence-corrected chi connectivity index (χ4v) is 2.43. The summed E-state index contributed by atoms with van der Waals surface area (Å²) in [6, 6.07) is 7.21. The Labute approximate surface area is 122 Å². The smallest absolute Gasteiger partial charge is 0.275 e. The van der Waals surface area contributed by atoms with Crippen molar-refractivity contribution in [1.29, 1.82) is 5.26 Å². The third kappa shape index (κ3) is 2.23. The van der Waals surface area contributed by atoms with Gasteiger partial charge in [0.2, 0.25) is 5.88 Å². The van der Waals surface area contributed by atoms with Gasteiger partial charge in [-0.25, -0.2) is 4.98 Å². The van der Waals surface area contributed by atoms with Crippen LogP contribution < -0.4 is 9.64 Å². The normalized spacial score (nSPS) is 16.8. The van der Waals surface area contributed by atoms with Crippen molar-refractivity contribution in [3.05, 3.63) is 41.9 Å². The van der Waals surface area contributed by atoms with Gasteiger partial charge in [-0.1, -0.05) is 0 Å². The molecule has 1 unspecified atom stereocenters. The molecule has 3 heterocycles. The molecular weight excluding hydrogens is 268 g/mol. The van der Waals surface area contributed by atoms with Crippen molar-refractivity contribution in [2.24, 2.45) is 7.05 Å². The molecule has 1 amide bonds. The zero-order chi connectivity index (χ0) is 15.0. The Morgan fingerprint density at radius 3 is 3.10 bits per heavy atom. The Hall–Kier alpha value is -2.81. The van der Waals surface area contributed by atoms with Gasteiger partial charge < -0.3 is 9.30 Å². The fraction of sp³-hybridized carbons (Fsp3) is 0.267. The van der Waals surface area contributed by atoms with Gasteiger partial charge in [-0.05, 0) is 25.1 Å². The molecule has 0 bridgehead atoms. The molecule has 2 aromatic rings. The third-order valence-electron chi connectivity index (χ3n) is 3.39. The molecule has 21 heavy (non-hydrogen) atoms. The summed E-state index contributed by atoms with van der Waals surface area (Å²) in [4.78, 5) is 18.6. The number of carbonyl (C=O) groups is 1. The standard InChI is InChI=1S/C15H14N4O2/c1-10-8-19(12-4-3-5-17-14(12)21-10)15(20)13-6-11(7-16)9-18(13)2/h3-6,9-10H,8H2,1-2H3. The predicted octanol–water partition coefficient (Wildman–Crippen LogP) is 1.72. The third-order valence-corrected chi connectivity index (χ3v) is 3.39. The molecule has 0 fully saturated rings. The van der Waals surface area contributed by atoms with Crippen LogP contribution in [-0.2, 0) is 7.05 Å². The summed E-state index contributed by atoms with van der Waals surface area (Å²) in [5.74, 6) is 0.294. The summed E-state index contributed by atoms with van der Waals surface area (Å²) in [6.07, 6.45) is 3.14. The molecule has 1 aliphatic heterocycles. The van der Waals surface area contributed by atoms with E-state index >= 15 is 0 Å². The lowest BCUT2D eigenvalue weighted by atomic mass is 10.2. The van der Waals surface area contributed by atoms with E-state index in [1.54, 1.807) is 47.1 Å². The number of aromatic nitrogens is 2. The molecule has 106 valence electrons. The van der Waals surface area contributed by atoms with E-state index in [2.05, 4.69) is 4.98 Å². The average Bonchev–Trinajstić information content (AvgIpc) is 2.86. The first kappa shape index (κ1) is 13.2. The Morgan fingerprint density at radius 1 is 1.57 bits per heavy atom. The number of nitrogens with zero attached hydrogens (tertiary/aromatic N) is 4. The van der Waals surface area contributed by atoms with Gasteiger partial charge in [0.1, 0.15) is 23.6 Å². The summed E-state index contributed by atoms with van der Waals surface area (Å²) in [7, 11) is 1.75. The second kappa shape index (κ2) is 4.94. The topological polar surface area (TPSA) is 71.2 Å². The van der Waals surface area contributed by atoms with Crippen molar-refractivity contribution in [3.8, 4) is 11.9 Å². The Morgan fingerprint density at radius 2 is 2.38 bits per heavy atom. The van der Waals surface area contributed by atoms with Gasteiger partial charge in [0.05, 0.1) is 12.1 Å². The van der Waals surface area contributed by atoms with Crippen LogP contribution in [0.1, 0.15) is 23.0 Å². The minimum absolute atomic E-state index is 0.132. The summed E-state index contributed by atoms with van der Waals surface area (Å²) in [5, 5.41) is 8.95. The number of aryl methyl sites for hydroxylation is 1. The summed E-state index contributed by atoms with van der Waals surface area (Å²) < 4.78 is 7.30. The first-order chi connectivity index (χ1) is 10.1. The van der Waals surface area contributed by atoms with E-state index in [0.717, 1.165) is 0 Å². The van der Waals surface area contributed by atoms with Crippen LogP contribution in [0.4, 0.5) is 5.69 Å². The number of amides is 1. The quantitative estimate of drug-likeness (QED) is 0.798. The molecule has 1 aliphatic rings. The Balaban J connectivity index is 2.02. The number of anilines is 1. The van der Waals surface area contributed by atoms with E-state index in [-0.39, 0.29) is 12.0 Å². The van der Waals surface area contributed by atoms with E-state index < -0.39 is 0 Å². The lowest BCUT2D eigenvalue weighted by Gasteiger charge is -2.32. The first-order valence-electron chi connectivity index (χ1n) is 6.60. The molecule has 1 atom stereocenters. The van der Waals surface area contributed by atoms with Crippen molar-refractivity contribution in [1.82, 2.24) is 9.55 Å². The summed E-state index contributed by atoms with van der Waals surface area (Å²) in [5.41, 5.74) is 1.59. The molecule has 0 saturated heterocycles. The van der Waals surface area contributed by atoms with Crippen LogP contribution in [0.5, 0.6) is 5.88 Å². The highest BCUT2D eigenvalue weighted by Gasteiger charge is 2.30. The highest BCUT2D eigenvalue weighted by molar-refractivity contribution is 6.06. The van der Waals surface area contributed by atoms with Gasteiger partial charge in [-0.2, -0.15) is 5.26 Å². The van der Waals surface area contributed by atoms with Gasteiger partial charge in [0.25, 0.3) is 5.91 Å². The van der Waals surface area contributed by atoms with E-state index in [1.807, 2.05) is 13.0 Å². The van der Waals surface area contributed by atoms with Crippen molar-refractivity contribution in [2.45, 2.75) is 13.0 Å². The Kier molecular flexibility index (Phi) is 3.10. The van der Waals surface area contributed by atoms with E-state index in [1.165, 1.54) is 0 Å². The number of nitriles is 1. The SMILES string of the molecule is CC1CN(C(=O)c2cc(C#N)cn2C)c2cccnc2O1. The minimum Gasteiger partial charge on any atom is -0.471 e. The maximum atomic E-state index is 12.8. The second-order valence-electron chi connectivity index (χ2n) is 5.01. The first-order valence-corrected chi connectivity index (χ1v) is 6.60. The predicted molar refractivity (Wildman–Crippen MR) is 76.1 cm³/mol. The van der Waals surface area contributed by atoms with Crippen molar-refractivity contribution in [2.75, 3.05) is 11.4 Å². The van der Waals surface area contributed by atoms with Crippen molar-refractivity contribution in [3.63, 3.8) is 0 Å². The van der Waals surface area contributed by atoms with Crippen LogP contribution in [-0.4, -0.2) is 28.1 Å². The Bertz CT molecular complexity index is 744. The van der Waals surface area contributed by atoms with Crippen LogP contribution in [0.15, 0.2) is 30.6 Å². The van der Waals surface area contributed by atoms with E-state index in [4.69, 9.17) is 10.00 Å². The highest BCUT2D eigenvalue weighted by atomic mass is 16.5. The molecule has 6 nitrogen and oxygen atoms in total. The largest absolute Gasteiger partial charge is 0.471 e. The number of hydrogen-bond acceptors (Lipinski definition) is 4. The lowest BCUT2D eigenvalue weighted by Crippen LogP contribution is -2.43. The molecule has 0 aliphatic carbocycles. The van der Waals surface area contributed by atoms with Gasteiger partial charge >= 0.3 is 0 Å². The van der Waals surface area contributed by atoms with Gasteiger partial charge in [0.15, 0.2) is 0 Å². The number of rotatable bonds is 1. The molecule has 0 radical (unpaired) electrons. The number of hydrogen-bond donors (Lipinski definition) is 0. The summed E-state index contributed by atoms with van der Waals surface area (Å²) in [6.45, 7) is 2.34. The number of fused-ring (bicyclic) bond motifs is 1. The number of pyridine rings is 1. The second-order valence-corrected chi connectivity index (χ2v) is 5.01. The average molecular weight is 282 g/mol. The van der Waals surface area contributed by atoms with Gasteiger partial charge in [-0.15, -0.1) is 0 Å². The molecule has 0 saturated carbocycles. The van der Waals surface area contributed by atoms with Crippen LogP contribution in [0, 0.1) is 11.3 Å². The number of ether oxygens (including phenoxy) is 1. The maximum Gasteiger partial charge on any atom is 0.275 e. The van der Waals surface area contributed by atoms with E-state index in [9.17, 15) is 4.79 Å². The maximum absolute atomic E-state index is 12.8. The molecule has 6 heteroatoms. The van der Waals surface area contributed by atoms with Gasteiger partial charge in [-0.3, -0.25) is 9.69 Å². The highest BCUT2D eigenvalue weighted by Crippen LogP contribution is 2.31. The minimum atomic E-state index is -0.164. The van der Waals surface area contributed by atoms with Crippen LogP contribution in [0.2, 0.25) is 0 Å². The zero-order valence-corrected chi connectivity index (χ0v) is 11.8. The van der Waals surface area contributed by atoms with Gasteiger partial charge in [0, 0.05) is 19.4 Å².